The molecule has 1 N–H and O–H groups in total. The van der Waals surface area contributed by atoms with Gasteiger partial charge in [-0.1, -0.05) is 13.8 Å². The minimum Gasteiger partial charge on any atom is -0.464 e. The number of nitrogens with zero attached hydrogens (tertiary/aromatic N) is 2. The second kappa shape index (κ2) is 7.68. The summed E-state index contributed by atoms with van der Waals surface area (Å²) < 4.78 is 19.9. The molecule has 1 saturated carbocycles. The van der Waals surface area contributed by atoms with Crippen molar-refractivity contribution in [2.24, 2.45) is 5.92 Å². The van der Waals surface area contributed by atoms with E-state index in [9.17, 15) is 14.0 Å². The van der Waals surface area contributed by atoms with Gasteiger partial charge < -0.3 is 10.1 Å². The number of hydrogen-bond donors (Lipinski definition) is 1. The van der Waals surface area contributed by atoms with Gasteiger partial charge >= 0.3 is 5.97 Å². The van der Waals surface area contributed by atoms with Gasteiger partial charge in [0.15, 0.2) is 0 Å². The summed E-state index contributed by atoms with van der Waals surface area (Å²) in [6.07, 6.45) is 3.66. The van der Waals surface area contributed by atoms with Crippen molar-refractivity contribution < 1.29 is 18.7 Å². The van der Waals surface area contributed by atoms with Crippen LogP contribution in [0, 0.1) is 11.7 Å². The number of aromatic nitrogens is 2. The van der Waals surface area contributed by atoms with E-state index in [-0.39, 0.29) is 24.2 Å². The third kappa shape index (κ3) is 4.28. The fourth-order valence-electron chi connectivity index (χ4n) is 2.67. The van der Waals surface area contributed by atoms with Crippen molar-refractivity contribution >= 4 is 11.9 Å². The van der Waals surface area contributed by atoms with Crippen LogP contribution in [-0.4, -0.2) is 34.8 Å². The van der Waals surface area contributed by atoms with Crippen molar-refractivity contribution in [3.05, 3.63) is 47.5 Å². The Morgan fingerprint density at radius 2 is 2.00 bits per heavy atom. The van der Waals surface area contributed by atoms with Crippen LogP contribution >= 0.6 is 0 Å². The molecule has 138 valence electrons. The van der Waals surface area contributed by atoms with E-state index in [1.165, 1.54) is 18.3 Å². The lowest BCUT2D eigenvalue weighted by Gasteiger charge is -2.13. The molecule has 0 aliphatic heterocycles. The zero-order chi connectivity index (χ0) is 18.7. The molecule has 26 heavy (non-hydrogen) atoms. The Hall–Kier alpha value is -2.70. The fourth-order valence-corrected chi connectivity index (χ4v) is 2.67. The summed E-state index contributed by atoms with van der Waals surface area (Å²) in [6.45, 7) is 4.13. The monoisotopic (exact) mass is 359 g/mol. The largest absolute Gasteiger partial charge is 0.464 e. The van der Waals surface area contributed by atoms with Gasteiger partial charge in [-0.2, -0.15) is 5.10 Å². The number of nitrogens with one attached hydrogen (secondary N) is 1. The first-order chi connectivity index (χ1) is 12.5. The highest BCUT2D eigenvalue weighted by molar-refractivity contribution is 5.97. The van der Waals surface area contributed by atoms with Crippen molar-refractivity contribution in [1.29, 1.82) is 0 Å². The summed E-state index contributed by atoms with van der Waals surface area (Å²) in [6, 6.07) is 5.89. The predicted octanol–water partition coefficient (Wildman–Crippen LogP) is 2.82. The third-order valence-corrected chi connectivity index (χ3v) is 4.24. The maximum absolute atomic E-state index is 13.1. The number of esters is 1. The number of rotatable bonds is 7. The summed E-state index contributed by atoms with van der Waals surface area (Å²) in [7, 11) is 0. The zero-order valence-corrected chi connectivity index (χ0v) is 14.9. The summed E-state index contributed by atoms with van der Waals surface area (Å²) in [5, 5.41) is 6.86. The third-order valence-electron chi connectivity index (χ3n) is 4.24. The maximum atomic E-state index is 13.1. The number of ether oxygens (including phenoxy) is 1. The Bertz CT molecular complexity index is 795. The highest BCUT2D eigenvalue weighted by Gasteiger charge is 2.24. The topological polar surface area (TPSA) is 73.2 Å². The summed E-state index contributed by atoms with van der Waals surface area (Å²) >= 11 is 0. The number of amides is 1. The van der Waals surface area contributed by atoms with Crippen molar-refractivity contribution in [2.75, 3.05) is 13.2 Å². The SMILES string of the molecule is CC(C)c1c(C(=O)NCC(=O)OCC2CC2)cnn1-c1ccc(F)cc1. The van der Waals surface area contributed by atoms with Gasteiger partial charge in [-0.05, 0) is 48.9 Å². The molecule has 1 aromatic carbocycles. The first-order valence-corrected chi connectivity index (χ1v) is 8.73. The molecule has 0 spiro atoms. The normalized spacial score (nSPS) is 13.7. The highest BCUT2D eigenvalue weighted by Crippen LogP contribution is 2.28. The summed E-state index contributed by atoms with van der Waals surface area (Å²) in [5.41, 5.74) is 1.75. The Kier molecular flexibility index (Phi) is 5.35. The number of benzene rings is 1. The van der Waals surface area contributed by atoms with Gasteiger partial charge in [0.2, 0.25) is 0 Å². The fraction of sp³-hybridized carbons (Fsp3) is 0.421. The second-order valence-electron chi connectivity index (χ2n) is 6.80. The molecule has 0 bridgehead atoms. The van der Waals surface area contributed by atoms with E-state index in [0.717, 1.165) is 12.8 Å². The van der Waals surface area contributed by atoms with Crippen LogP contribution in [0.4, 0.5) is 4.39 Å². The van der Waals surface area contributed by atoms with Gasteiger partial charge in [0.05, 0.1) is 29.7 Å². The molecular formula is C19H22FN3O3. The Morgan fingerprint density at radius 3 is 2.62 bits per heavy atom. The van der Waals surface area contributed by atoms with Gasteiger partial charge in [0, 0.05) is 0 Å². The van der Waals surface area contributed by atoms with Crippen molar-refractivity contribution in [2.45, 2.75) is 32.6 Å². The van der Waals surface area contributed by atoms with Gasteiger partial charge in [-0.25, -0.2) is 9.07 Å². The summed E-state index contributed by atoms with van der Waals surface area (Å²) in [4.78, 5) is 24.2. The number of carbonyl (C=O) groups excluding carboxylic acids is 2. The van der Waals surface area contributed by atoms with Gasteiger partial charge in [0.25, 0.3) is 5.91 Å². The van der Waals surface area contributed by atoms with Gasteiger partial charge in [-0.3, -0.25) is 9.59 Å². The molecule has 1 heterocycles. The van der Waals surface area contributed by atoms with Gasteiger partial charge in [-0.15, -0.1) is 0 Å². The van der Waals surface area contributed by atoms with E-state index in [2.05, 4.69) is 10.4 Å². The van der Waals surface area contributed by atoms with E-state index in [0.29, 0.717) is 29.5 Å². The molecule has 0 unspecified atom stereocenters. The van der Waals surface area contributed by atoms with Crippen LogP contribution in [0.2, 0.25) is 0 Å². The molecule has 1 amide bonds. The molecule has 6 nitrogen and oxygen atoms in total. The molecule has 1 aliphatic rings. The molecule has 7 heteroatoms. The lowest BCUT2D eigenvalue weighted by atomic mass is 10.1. The molecule has 0 radical (unpaired) electrons. The average molecular weight is 359 g/mol. The van der Waals surface area contributed by atoms with Crippen molar-refractivity contribution in [3.8, 4) is 5.69 Å². The Morgan fingerprint density at radius 1 is 1.31 bits per heavy atom. The van der Waals surface area contributed by atoms with E-state index < -0.39 is 5.97 Å². The van der Waals surface area contributed by atoms with E-state index >= 15 is 0 Å². The van der Waals surface area contributed by atoms with Crippen LogP contribution in [0.1, 0.15) is 48.7 Å². The molecule has 2 aromatic rings. The quantitative estimate of drug-likeness (QED) is 0.772. The average Bonchev–Trinajstić information content (AvgIpc) is 3.34. The van der Waals surface area contributed by atoms with Gasteiger partial charge in [0.1, 0.15) is 12.4 Å². The molecule has 1 fully saturated rings. The minimum absolute atomic E-state index is 0.00474. The molecule has 0 atom stereocenters. The highest BCUT2D eigenvalue weighted by atomic mass is 19.1. The molecule has 3 rings (SSSR count). The van der Waals surface area contributed by atoms with Crippen LogP contribution in [0.25, 0.3) is 5.69 Å². The van der Waals surface area contributed by atoms with Crippen LogP contribution < -0.4 is 5.32 Å². The lowest BCUT2D eigenvalue weighted by molar-refractivity contribution is -0.142. The van der Waals surface area contributed by atoms with Crippen LogP contribution in [0.5, 0.6) is 0 Å². The smallest absolute Gasteiger partial charge is 0.325 e. The molecule has 0 saturated heterocycles. The Labute approximate surface area is 151 Å². The maximum Gasteiger partial charge on any atom is 0.325 e. The van der Waals surface area contributed by atoms with Crippen LogP contribution in [-0.2, 0) is 9.53 Å². The first-order valence-electron chi connectivity index (χ1n) is 8.73. The molecule has 1 aliphatic carbocycles. The zero-order valence-electron chi connectivity index (χ0n) is 14.9. The number of halogens is 1. The lowest BCUT2D eigenvalue weighted by Crippen LogP contribution is -2.31. The van der Waals surface area contributed by atoms with Crippen molar-refractivity contribution in [3.63, 3.8) is 0 Å². The second-order valence-corrected chi connectivity index (χ2v) is 6.80. The van der Waals surface area contributed by atoms with E-state index in [4.69, 9.17) is 4.74 Å². The first kappa shape index (κ1) is 18.1. The minimum atomic E-state index is -0.442. The number of carbonyl (C=O) groups is 2. The van der Waals surface area contributed by atoms with E-state index in [1.807, 2.05) is 13.8 Å². The number of hydrogen-bond acceptors (Lipinski definition) is 4. The van der Waals surface area contributed by atoms with Crippen LogP contribution in [0.3, 0.4) is 0 Å². The standard InChI is InChI=1S/C19H22FN3O3/c1-12(2)18-16(9-22-23(18)15-7-5-14(20)6-8-15)19(25)21-10-17(24)26-11-13-3-4-13/h5-9,12-13H,3-4,10-11H2,1-2H3,(H,21,25). The molecule has 1 aromatic heterocycles. The Balaban J connectivity index is 1.71. The van der Waals surface area contributed by atoms with Crippen molar-refractivity contribution in [1.82, 2.24) is 15.1 Å². The van der Waals surface area contributed by atoms with Crippen LogP contribution in [0.15, 0.2) is 30.5 Å². The molecular weight excluding hydrogens is 337 g/mol. The summed E-state index contributed by atoms with van der Waals surface area (Å²) in [5.74, 6) is -0.677. The predicted molar refractivity (Wildman–Crippen MR) is 93.6 cm³/mol. The van der Waals surface area contributed by atoms with E-state index in [1.54, 1.807) is 16.8 Å².